The Labute approximate surface area is 187 Å². The Balaban J connectivity index is 2.06. The van der Waals surface area contributed by atoms with Gasteiger partial charge in [0.15, 0.2) is 5.56 Å². The molecule has 29 heavy (non-hydrogen) atoms. The molecule has 0 N–H and O–H groups in total. The van der Waals surface area contributed by atoms with Crippen LogP contribution < -0.4 is 0 Å². The van der Waals surface area contributed by atoms with E-state index < -0.39 is 0 Å². The molecular formula is C27H47ClO. The summed E-state index contributed by atoms with van der Waals surface area (Å²) < 4.78 is 5.78. The third-order valence-corrected chi connectivity index (χ3v) is 6.56. The van der Waals surface area contributed by atoms with Gasteiger partial charge in [-0.3, -0.25) is 0 Å². The molecule has 0 spiro atoms. The summed E-state index contributed by atoms with van der Waals surface area (Å²) in [6.07, 6.45) is 22.8. The fraction of sp³-hybridized carbons (Fsp3) is 0.778. The minimum atomic E-state index is -0.281. The molecule has 0 saturated heterocycles. The number of ether oxygens (including phenoxy) is 1. The van der Waals surface area contributed by atoms with Crippen LogP contribution in [0.3, 0.4) is 0 Å². The van der Waals surface area contributed by atoms with E-state index in [-0.39, 0.29) is 5.56 Å². The molecule has 168 valence electrons. The van der Waals surface area contributed by atoms with E-state index in [1.807, 2.05) is 0 Å². The zero-order valence-corrected chi connectivity index (χ0v) is 20.6. The number of alkyl halides is 1. The zero-order valence-electron chi connectivity index (χ0n) is 19.9. The van der Waals surface area contributed by atoms with Crippen molar-refractivity contribution in [3.63, 3.8) is 0 Å². The Morgan fingerprint density at radius 2 is 1.62 bits per heavy atom. The van der Waals surface area contributed by atoms with Gasteiger partial charge in [-0.2, -0.15) is 0 Å². The van der Waals surface area contributed by atoms with Gasteiger partial charge in [0.05, 0.1) is 6.61 Å². The van der Waals surface area contributed by atoms with Crippen LogP contribution in [-0.2, 0) is 4.74 Å². The van der Waals surface area contributed by atoms with Crippen molar-refractivity contribution in [2.45, 2.75) is 111 Å². The molecule has 2 heteroatoms. The first kappa shape index (κ1) is 26.5. The normalized spacial score (nSPS) is 18.0. The number of allylic oxidation sites excluding steroid dienone is 4. The van der Waals surface area contributed by atoms with Crippen LogP contribution in [0, 0.1) is 17.8 Å². The van der Waals surface area contributed by atoms with Gasteiger partial charge in [-0.25, -0.2) is 0 Å². The number of hydrogen-bond acceptors (Lipinski definition) is 1. The zero-order chi connectivity index (χ0) is 21.5. The van der Waals surface area contributed by atoms with E-state index >= 15 is 0 Å². The molecule has 0 saturated carbocycles. The highest BCUT2D eigenvalue weighted by Gasteiger charge is 2.11. The quantitative estimate of drug-likeness (QED) is 0.178. The molecule has 1 nitrogen and oxygen atoms in total. The molecule has 0 aromatic rings. The fourth-order valence-electron chi connectivity index (χ4n) is 4.00. The highest BCUT2D eigenvalue weighted by Crippen LogP contribution is 2.23. The van der Waals surface area contributed by atoms with Gasteiger partial charge in [0.25, 0.3) is 0 Å². The third kappa shape index (κ3) is 14.2. The summed E-state index contributed by atoms with van der Waals surface area (Å²) in [5, 5.41) is 0. The molecule has 1 aliphatic rings. The van der Waals surface area contributed by atoms with Crippen molar-refractivity contribution in [3.05, 3.63) is 35.5 Å². The van der Waals surface area contributed by atoms with Gasteiger partial charge in [-0.15, -0.1) is 0 Å². The molecule has 3 atom stereocenters. The SMILES string of the molecule is C/C(=C\COC(Cl)C1=CC=CCC1)CCC[C@H](C)CCC[C@H](C)CCCC(C)C. The maximum atomic E-state index is 6.35. The van der Waals surface area contributed by atoms with Crippen LogP contribution >= 0.6 is 11.6 Å². The number of halogens is 1. The van der Waals surface area contributed by atoms with E-state index in [1.54, 1.807) is 0 Å². The Morgan fingerprint density at radius 3 is 2.21 bits per heavy atom. The molecule has 1 rings (SSSR count). The standard InChI is InChI=1S/C27H47ClO/c1-22(2)12-9-13-23(3)14-10-15-24(4)16-11-17-25(5)20-21-29-27(28)26-18-7-6-8-19-26/h6-7,18,20,22-24,27H,8-17,19,21H2,1-5H3/b25-20+/t23-,24-,27?/m1/s1. The van der Waals surface area contributed by atoms with E-state index in [0.29, 0.717) is 6.61 Å². The number of hydrogen-bond donors (Lipinski definition) is 0. The molecule has 0 aromatic carbocycles. The van der Waals surface area contributed by atoms with Crippen molar-refractivity contribution < 1.29 is 4.74 Å². The summed E-state index contributed by atoms with van der Waals surface area (Å²) in [5.41, 5.74) is 2.34. The summed E-state index contributed by atoms with van der Waals surface area (Å²) in [6, 6.07) is 0. The molecule has 0 aliphatic heterocycles. The molecule has 0 fully saturated rings. The predicted molar refractivity (Wildman–Crippen MR) is 131 cm³/mol. The summed E-state index contributed by atoms with van der Waals surface area (Å²) in [5.74, 6) is 2.60. The summed E-state index contributed by atoms with van der Waals surface area (Å²) >= 11 is 6.35. The average molecular weight is 423 g/mol. The highest BCUT2D eigenvalue weighted by atomic mass is 35.5. The second-order valence-electron chi connectivity index (χ2n) is 9.77. The largest absolute Gasteiger partial charge is 0.354 e. The van der Waals surface area contributed by atoms with Crippen LogP contribution in [0.5, 0.6) is 0 Å². The van der Waals surface area contributed by atoms with E-state index in [1.165, 1.54) is 68.9 Å². The lowest BCUT2D eigenvalue weighted by Gasteiger charge is -2.16. The molecule has 0 amide bonds. The molecular weight excluding hydrogens is 376 g/mol. The maximum absolute atomic E-state index is 6.35. The fourth-order valence-corrected chi connectivity index (χ4v) is 4.26. The van der Waals surface area contributed by atoms with E-state index in [9.17, 15) is 0 Å². The molecule has 0 radical (unpaired) electrons. The molecule has 1 aliphatic carbocycles. The van der Waals surface area contributed by atoms with Crippen molar-refractivity contribution in [2.24, 2.45) is 17.8 Å². The van der Waals surface area contributed by atoms with E-state index in [4.69, 9.17) is 16.3 Å². The van der Waals surface area contributed by atoms with Crippen LogP contribution in [0.1, 0.15) is 105 Å². The monoisotopic (exact) mass is 422 g/mol. The molecule has 1 unspecified atom stereocenters. The van der Waals surface area contributed by atoms with Crippen LogP contribution in [0.2, 0.25) is 0 Å². The van der Waals surface area contributed by atoms with Crippen molar-refractivity contribution in [2.75, 3.05) is 6.61 Å². The van der Waals surface area contributed by atoms with Crippen molar-refractivity contribution >= 4 is 11.6 Å². The second-order valence-corrected chi connectivity index (χ2v) is 10.2. The van der Waals surface area contributed by atoms with Crippen LogP contribution in [-0.4, -0.2) is 12.2 Å². The molecule has 0 heterocycles. The van der Waals surface area contributed by atoms with Crippen LogP contribution in [0.4, 0.5) is 0 Å². The van der Waals surface area contributed by atoms with Crippen molar-refractivity contribution in [1.29, 1.82) is 0 Å². The second kappa shape index (κ2) is 16.2. The highest BCUT2D eigenvalue weighted by molar-refractivity contribution is 6.21. The van der Waals surface area contributed by atoms with Gasteiger partial charge in [0.1, 0.15) is 0 Å². The minimum absolute atomic E-state index is 0.281. The van der Waals surface area contributed by atoms with Gasteiger partial charge >= 0.3 is 0 Å². The van der Waals surface area contributed by atoms with Crippen LogP contribution in [0.15, 0.2) is 35.5 Å². The van der Waals surface area contributed by atoms with Gasteiger partial charge in [0.2, 0.25) is 0 Å². The number of rotatable bonds is 16. The maximum Gasteiger partial charge on any atom is 0.153 e. The van der Waals surface area contributed by atoms with Gasteiger partial charge in [0, 0.05) is 0 Å². The van der Waals surface area contributed by atoms with Gasteiger partial charge in [-0.05, 0) is 55.9 Å². The van der Waals surface area contributed by atoms with E-state index in [2.05, 4.69) is 58.9 Å². The minimum Gasteiger partial charge on any atom is -0.354 e. The first-order chi connectivity index (χ1) is 13.9. The Kier molecular flexibility index (Phi) is 14.8. The topological polar surface area (TPSA) is 9.23 Å². The van der Waals surface area contributed by atoms with Crippen LogP contribution in [0.25, 0.3) is 0 Å². The van der Waals surface area contributed by atoms with Gasteiger partial charge < -0.3 is 4.74 Å². The Bertz CT molecular complexity index is 503. The van der Waals surface area contributed by atoms with E-state index in [0.717, 1.165) is 30.6 Å². The third-order valence-electron chi connectivity index (χ3n) is 6.15. The van der Waals surface area contributed by atoms with Gasteiger partial charge in [-0.1, -0.05) is 114 Å². The lowest BCUT2D eigenvalue weighted by Crippen LogP contribution is -2.10. The average Bonchev–Trinajstić information content (AvgIpc) is 2.68. The predicted octanol–water partition coefficient (Wildman–Crippen LogP) is 9.23. The molecule has 0 bridgehead atoms. The Hall–Kier alpha value is -0.530. The Morgan fingerprint density at radius 1 is 1.00 bits per heavy atom. The van der Waals surface area contributed by atoms with Crippen molar-refractivity contribution in [1.82, 2.24) is 0 Å². The summed E-state index contributed by atoms with van der Waals surface area (Å²) in [4.78, 5) is 0. The summed E-state index contributed by atoms with van der Waals surface area (Å²) in [6.45, 7) is 12.4. The lowest BCUT2D eigenvalue weighted by molar-refractivity contribution is 0.154. The first-order valence-electron chi connectivity index (χ1n) is 12.1. The smallest absolute Gasteiger partial charge is 0.153 e. The first-order valence-corrected chi connectivity index (χ1v) is 12.6. The summed E-state index contributed by atoms with van der Waals surface area (Å²) in [7, 11) is 0. The van der Waals surface area contributed by atoms with Crippen molar-refractivity contribution in [3.8, 4) is 0 Å². The molecule has 0 aromatic heterocycles. The lowest BCUT2D eigenvalue weighted by atomic mass is 9.91.